The monoisotopic (exact) mass is 257 g/mol. The van der Waals surface area contributed by atoms with Crippen molar-refractivity contribution in [1.29, 1.82) is 0 Å². The van der Waals surface area contributed by atoms with Gasteiger partial charge in [0.2, 0.25) is 10.0 Å². The van der Waals surface area contributed by atoms with Gasteiger partial charge in [0.15, 0.2) is 9.84 Å². The molecule has 92 valence electrons. The minimum atomic E-state index is -3.30. The molecule has 0 atom stereocenters. The second-order valence-corrected chi connectivity index (χ2v) is 9.22. The van der Waals surface area contributed by atoms with Gasteiger partial charge in [-0.05, 0) is 34.2 Å². The highest BCUT2D eigenvalue weighted by molar-refractivity contribution is 7.92. The molecule has 0 aromatic heterocycles. The lowest BCUT2D eigenvalue weighted by Crippen LogP contribution is -2.32. The molecule has 0 aromatic carbocycles. The first-order chi connectivity index (χ1) is 6.52. The summed E-state index contributed by atoms with van der Waals surface area (Å²) < 4.78 is 46.6. The summed E-state index contributed by atoms with van der Waals surface area (Å²) in [4.78, 5) is 0. The van der Waals surface area contributed by atoms with E-state index < -0.39 is 24.6 Å². The number of sulfonamides is 1. The molecule has 0 radical (unpaired) electrons. The Hall–Kier alpha value is -0.140. The molecule has 0 saturated heterocycles. The minimum Gasteiger partial charge on any atom is -0.228 e. The van der Waals surface area contributed by atoms with Crippen molar-refractivity contribution in [1.82, 2.24) is 4.72 Å². The molecule has 0 saturated carbocycles. The van der Waals surface area contributed by atoms with Crippen LogP contribution in [0.25, 0.3) is 0 Å². The third-order valence-electron chi connectivity index (χ3n) is 2.07. The minimum absolute atomic E-state index is 0.0998. The Labute approximate surface area is 92.2 Å². The van der Waals surface area contributed by atoms with Crippen molar-refractivity contribution < 1.29 is 16.8 Å². The average Bonchev–Trinajstić information content (AvgIpc) is 2.01. The molecule has 0 aromatic rings. The highest BCUT2D eigenvalue weighted by atomic mass is 32.2. The van der Waals surface area contributed by atoms with Gasteiger partial charge in [0.1, 0.15) is 0 Å². The number of rotatable bonds is 5. The van der Waals surface area contributed by atoms with Gasteiger partial charge < -0.3 is 0 Å². The van der Waals surface area contributed by atoms with Crippen molar-refractivity contribution >= 4 is 19.9 Å². The average molecular weight is 257 g/mol. The Balaban J connectivity index is 4.33. The molecule has 15 heavy (non-hydrogen) atoms. The Morgan fingerprint density at radius 2 is 1.47 bits per heavy atom. The molecule has 1 N–H and O–H groups in total. The third kappa shape index (κ3) is 4.94. The Morgan fingerprint density at radius 1 is 1.00 bits per heavy atom. The van der Waals surface area contributed by atoms with Crippen LogP contribution in [0.3, 0.4) is 0 Å². The lowest BCUT2D eigenvalue weighted by Gasteiger charge is -2.18. The zero-order valence-corrected chi connectivity index (χ0v) is 11.2. The fraction of sp³-hybridized carbons (Fsp3) is 1.00. The van der Waals surface area contributed by atoms with E-state index in [0.717, 1.165) is 0 Å². The summed E-state index contributed by atoms with van der Waals surface area (Å²) >= 11 is 0. The largest absolute Gasteiger partial charge is 0.228 e. The van der Waals surface area contributed by atoms with Crippen LogP contribution in [-0.2, 0) is 19.9 Å². The van der Waals surface area contributed by atoms with Crippen molar-refractivity contribution in [3.05, 3.63) is 0 Å². The molecule has 0 fully saturated rings. The maximum absolute atomic E-state index is 11.6. The molecule has 0 aliphatic carbocycles. The van der Waals surface area contributed by atoms with Crippen molar-refractivity contribution in [3.8, 4) is 0 Å². The number of nitrogens with one attached hydrogen (secondary N) is 1. The number of sulfone groups is 1. The van der Waals surface area contributed by atoms with Gasteiger partial charge >= 0.3 is 0 Å². The highest BCUT2D eigenvalue weighted by Crippen LogP contribution is 2.16. The molecule has 0 bridgehead atoms. The Bertz CT molecular complexity index is 389. The van der Waals surface area contributed by atoms with E-state index in [-0.39, 0.29) is 17.9 Å². The normalized spacial score (nSPS) is 14.1. The van der Waals surface area contributed by atoms with Gasteiger partial charge in [-0.2, -0.15) is 0 Å². The van der Waals surface area contributed by atoms with E-state index in [1.807, 2.05) is 0 Å². The van der Waals surface area contributed by atoms with Crippen LogP contribution in [0.1, 0.15) is 27.2 Å². The summed E-state index contributed by atoms with van der Waals surface area (Å²) in [5.41, 5.74) is 0. The van der Waals surface area contributed by atoms with E-state index >= 15 is 0 Å². The SMILES string of the molecule is CNS(=O)(=O)CCCS(=O)(=O)C(C)(C)C. The predicted octanol–water partition coefficient (Wildman–Crippen LogP) is 0.139. The smallest absolute Gasteiger partial charge is 0.211 e. The molecule has 5 nitrogen and oxygen atoms in total. The van der Waals surface area contributed by atoms with E-state index in [0.29, 0.717) is 0 Å². The first kappa shape index (κ1) is 14.9. The van der Waals surface area contributed by atoms with Crippen LogP contribution in [0.2, 0.25) is 0 Å². The van der Waals surface area contributed by atoms with Gasteiger partial charge in [0, 0.05) is 0 Å². The fourth-order valence-electron chi connectivity index (χ4n) is 0.847. The summed E-state index contributed by atoms with van der Waals surface area (Å²) in [6, 6.07) is 0. The lowest BCUT2D eigenvalue weighted by atomic mass is 10.3. The van der Waals surface area contributed by atoms with Crippen LogP contribution in [0.5, 0.6) is 0 Å². The number of hydrogen-bond donors (Lipinski definition) is 1. The molecule has 0 unspecified atom stereocenters. The van der Waals surface area contributed by atoms with Gasteiger partial charge in [-0.3, -0.25) is 0 Å². The van der Waals surface area contributed by atoms with E-state index in [4.69, 9.17) is 0 Å². The second-order valence-electron chi connectivity index (χ2n) is 4.31. The topological polar surface area (TPSA) is 80.3 Å². The predicted molar refractivity (Wildman–Crippen MR) is 61.0 cm³/mol. The highest BCUT2D eigenvalue weighted by Gasteiger charge is 2.28. The summed E-state index contributed by atoms with van der Waals surface area (Å²) in [5.74, 6) is -0.254. The molecule has 0 heterocycles. The van der Waals surface area contributed by atoms with Crippen molar-refractivity contribution in [2.75, 3.05) is 18.6 Å². The summed E-state index contributed by atoms with van der Waals surface area (Å²) in [7, 11) is -5.21. The molecular formula is C8H19NO4S2. The summed E-state index contributed by atoms with van der Waals surface area (Å²) in [6.07, 6.45) is 0.128. The second kappa shape index (κ2) is 4.80. The maximum Gasteiger partial charge on any atom is 0.211 e. The molecule has 0 amide bonds. The van der Waals surface area contributed by atoms with E-state index in [1.165, 1.54) is 7.05 Å². The van der Waals surface area contributed by atoms with Crippen LogP contribution in [0, 0.1) is 0 Å². The van der Waals surface area contributed by atoms with Crippen molar-refractivity contribution in [3.63, 3.8) is 0 Å². The molecular weight excluding hydrogens is 238 g/mol. The lowest BCUT2D eigenvalue weighted by molar-refractivity contribution is 0.558. The molecule has 0 spiro atoms. The zero-order chi connectivity index (χ0) is 12.3. The number of hydrogen-bond acceptors (Lipinski definition) is 4. The van der Waals surface area contributed by atoms with Crippen molar-refractivity contribution in [2.24, 2.45) is 0 Å². The van der Waals surface area contributed by atoms with Crippen molar-refractivity contribution in [2.45, 2.75) is 31.9 Å². The molecule has 7 heteroatoms. The van der Waals surface area contributed by atoms with E-state index in [2.05, 4.69) is 4.72 Å². The maximum atomic E-state index is 11.6. The van der Waals surface area contributed by atoms with Crippen LogP contribution in [-0.4, -0.2) is 40.1 Å². The fourth-order valence-corrected chi connectivity index (χ4v) is 2.90. The van der Waals surface area contributed by atoms with E-state index in [1.54, 1.807) is 20.8 Å². The molecule has 0 aliphatic rings. The molecule has 0 rings (SSSR count). The first-order valence-electron chi connectivity index (χ1n) is 4.65. The van der Waals surface area contributed by atoms with Gasteiger partial charge in [0.05, 0.1) is 16.3 Å². The van der Waals surface area contributed by atoms with Crippen LogP contribution >= 0.6 is 0 Å². The summed E-state index contributed by atoms with van der Waals surface area (Å²) in [6.45, 7) is 4.82. The van der Waals surface area contributed by atoms with Gasteiger partial charge in [-0.25, -0.2) is 21.6 Å². The van der Waals surface area contributed by atoms with Crippen LogP contribution < -0.4 is 4.72 Å². The van der Waals surface area contributed by atoms with Gasteiger partial charge in [-0.15, -0.1) is 0 Å². The Kier molecular flexibility index (Phi) is 4.75. The van der Waals surface area contributed by atoms with Gasteiger partial charge in [0.25, 0.3) is 0 Å². The Morgan fingerprint density at radius 3 is 1.80 bits per heavy atom. The van der Waals surface area contributed by atoms with Crippen LogP contribution in [0.15, 0.2) is 0 Å². The molecule has 0 aliphatic heterocycles. The summed E-state index contributed by atoms with van der Waals surface area (Å²) in [5, 5.41) is 0. The standard InChI is InChI=1S/C8H19NO4S2/c1-8(2,3)14(10,11)6-5-7-15(12,13)9-4/h9H,5-7H2,1-4H3. The zero-order valence-electron chi connectivity index (χ0n) is 9.57. The quantitative estimate of drug-likeness (QED) is 0.759. The third-order valence-corrected chi connectivity index (χ3v) is 6.21. The first-order valence-corrected chi connectivity index (χ1v) is 7.96. The van der Waals surface area contributed by atoms with E-state index in [9.17, 15) is 16.8 Å². The van der Waals surface area contributed by atoms with Gasteiger partial charge in [-0.1, -0.05) is 0 Å². The van der Waals surface area contributed by atoms with Crippen LogP contribution in [0.4, 0.5) is 0 Å².